The van der Waals surface area contributed by atoms with Gasteiger partial charge in [0.05, 0.1) is 0 Å². The Bertz CT molecular complexity index is 836. The molecule has 112 valence electrons. The number of carbonyl (C=O) groups excluding carboxylic acids is 1. The fraction of sp³-hybridized carbons (Fsp3) is 0.167. The molecule has 0 fully saturated rings. The van der Waals surface area contributed by atoms with Crippen molar-refractivity contribution < 1.29 is 13.2 Å². The van der Waals surface area contributed by atoms with E-state index in [1.54, 1.807) is 12.1 Å². The minimum atomic E-state index is -3.87. The molecule has 2 rings (SSSR count). The molecular weight excluding hydrogens is 314 g/mol. The summed E-state index contributed by atoms with van der Waals surface area (Å²) in [5, 5.41) is 2.46. The van der Waals surface area contributed by atoms with Gasteiger partial charge in [-0.25, -0.2) is 8.42 Å². The van der Waals surface area contributed by atoms with E-state index in [2.05, 4.69) is 15.0 Å². The summed E-state index contributed by atoms with van der Waals surface area (Å²) >= 11 is 0.615. The minimum absolute atomic E-state index is 0.0714. The smallest absolute Gasteiger partial charge is 0.306 e. The zero-order valence-electron chi connectivity index (χ0n) is 11.3. The molecule has 0 atom stereocenters. The van der Waals surface area contributed by atoms with Crippen LogP contribution in [0.2, 0.25) is 0 Å². The predicted octanol–water partition coefficient (Wildman–Crippen LogP) is 0.905. The number of carbonyl (C=O) groups is 1. The number of nitrogens with one attached hydrogen (secondary N) is 3. The molecule has 1 aromatic heterocycles. The highest BCUT2D eigenvalue weighted by atomic mass is 32.2. The van der Waals surface area contributed by atoms with Gasteiger partial charge in [0.15, 0.2) is 4.21 Å². The molecule has 1 heterocycles. The summed E-state index contributed by atoms with van der Waals surface area (Å²) in [5.74, 6) is -0.321. The van der Waals surface area contributed by atoms with Crippen LogP contribution < -0.4 is 14.9 Å². The third-order valence-corrected chi connectivity index (χ3v) is 5.62. The number of hydrogen-bond donors (Lipinski definition) is 3. The van der Waals surface area contributed by atoms with Crippen LogP contribution in [0.4, 0.5) is 5.69 Å². The number of anilines is 1. The number of sulfonamides is 1. The number of rotatable bonds is 4. The van der Waals surface area contributed by atoms with Crippen LogP contribution in [0.5, 0.6) is 0 Å². The summed E-state index contributed by atoms with van der Waals surface area (Å²) in [6.07, 6.45) is 0. The molecule has 0 aliphatic carbocycles. The fourth-order valence-electron chi connectivity index (χ4n) is 1.72. The molecule has 0 aliphatic heterocycles. The largest absolute Gasteiger partial charge is 0.355 e. The van der Waals surface area contributed by atoms with Crippen LogP contribution in [0.1, 0.15) is 16.1 Å². The van der Waals surface area contributed by atoms with Crippen molar-refractivity contribution in [1.29, 1.82) is 0 Å². The van der Waals surface area contributed by atoms with Gasteiger partial charge < -0.3 is 10.3 Å². The number of hydrogen-bond acceptors (Lipinski definition) is 5. The average Bonchev–Trinajstić information content (AvgIpc) is 2.77. The Balaban J connectivity index is 2.35. The number of amides is 1. The van der Waals surface area contributed by atoms with E-state index in [4.69, 9.17) is 0 Å². The minimum Gasteiger partial charge on any atom is -0.355 e. The predicted molar refractivity (Wildman–Crippen MR) is 80.3 cm³/mol. The van der Waals surface area contributed by atoms with Gasteiger partial charge in [-0.05, 0) is 25.1 Å². The zero-order valence-corrected chi connectivity index (χ0v) is 12.9. The molecule has 7 nitrogen and oxygen atoms in total. The second-order valence-corrected chi connectivity index (χ2v) is 7.05. The normalized spacial score (nSPS) is 11.1. The molecule has 0 radical (unpaired) electrons. The second-order valence-electron chi connectivity index (χ2n) is 4.19. The van der Waals surface area contributed by atoms with Gasteiger partial charge in [0.1, 0.15) is 0 Å². The van der Waals surface area contributed by atoms with Crippen molar-refractivity contribution in [3.05, 3.63) is 45.2 Å². The first kappa shape index (κ1) is 15.3. The maximum absolute atomic E-state index is 12.2. The lowest BCUT2D eigenvalue weighted by atomic mass is 10.2. The Kier molecular flexibility index (Phi) is 4.14. The Morgan fingerprint density at radius 3 is 2.62 bits per heavy atom. The third kappa shape index (κ3) is 3.31. The molecular formula is C12H13N3O4S2. The topological polar surface area (TPSA) is 108 Å². The summed E-state index contributed by atoms with van der Waals surface area (Å²) in [4.78, 5) is 24.7. The molecule has 2 aromatic rings. The summed E-state index contributed by atoms with van der Waals surface area (Å²) in [6.45, 7) is 1.51. The van der Waals surface area contributed by atoms with Crippen LogP contribution >= 0.6 is 11.3 Å². The Morgan fingerprint density at radius 2 is 2.05 bits per heavy atom. The molecule has 0 unspecified atom stereocenters. The number of benzene rings is 1. The summed E-state index contributed by atoms with van der Waals surface area (Å²) in [5.41, 5.74) is 0.855. The molecule has 1 aromatic carbocycles. The first-order valence-corrected chi connectivity index (χ1v) is 8.18. The van der Waals surface area contributed by atoms with Crippen molar-refractivity contribution in [3.8, 4) is 0 Å². The van der Waals surface area contributed by atoms with Crippen molar-refractivity contribution in [2.75, 3.05) is 11.8 Å². The number of H-pyrrole nitrogens is 1. The maximum atomic E-state index is 12.2. The van der Waals surface area contributed by atoms with E-state index in [0.717, 1.165) is 0 Å². The van der Waals surface area contributed by atoms with Gasteiger partial charge in [0.2, 0.25) is 0 Å². The summed E-state index contributed by atoms with van der Waals surface area (Å²) in [6, 6.07) is 6.07. The van der Waals surface area contributed by atoms with Crippen LogP contribution in [-0.2, 0) is 10.0 Å². The van der Waals surface area contributed by atoms with Gasteiger partial charge in [0.25, 0.3) is 15.9 Å². The standard InChI is InChI=1S/C12H13N3O4S2/c1-7-11(20-12(17)14-7)21(18,19)15-9-5-3-4-8(6-9)10(16)13-2/h3-6,15H,1-2H3,(H,13,16)(H,14,17). The summed E-state index contributed by atoms with van der Waals surface area (Å²) < 4.78 is 26.7. The van der Waals surface area contributed by atoms with Crippen LogP contribution in [-0.4, -0.2) is 26.4 Å². The lowest BCUT2D eigenvalue weighted by Gasteiger charge is -2.08. The van der Waals surface area contributed by atoms with Crippen molar-refractivity contribution >= 4 is 33.0 Å². The van der Waals surface area contributed by atoms with Crippen LogP contribution in [0, 0.1) is 6.92 Å². The Morgan fingerprint density at radius 1 is 1.33 bits per heavy atom. The van der Waals surface area contributed by atoms with Gasteiger partial charge in [-0.2, -0.15) is 0 Å². The molecule has 3 N–H and O–H groups in total. The lowest BCUT2D eigenvalue weighted by Crippen LogP contribution is -2.18. The van der Waals surface area contributed by atoms with E-state index in [1.165, 1.54) is 26.1 Å². The van der Waals surface area contributed by atoms with Crippen LogP contribution in [0.25, 0.3) is 0 Å². The SMILES string of the molecule is CNC(=O)c1cccc(NS(=O)(=O)c2sc(=O)[nH]c2C)c1. The molecule has 0 aliphatic rings. The molecule has 0 spiro atoms. The van der Waals surface area contributed by atoms with Crippen molar-refractivity contribution in [1.82, 2.24) is 10.3 Å². The fourth-order valence-corrected chi connectivity index (χ4v) is 4.07. The molecule has 21 heavy (non-hydrogen) atoms. The number of aromatic nitrogens is 1. The average molecular weight is 327 g/mol. The lowest BCUT2D eigenvalue weighted by molar-refractivity contribution is 0.0963. The van der Waals surface area contributed by atoms with Gasteiger partial charge in [-0.15, -0.1) is 0 Å². The van der Waals surface area contributed by atoms with E-state index < -0.39 is 14.9 Å². The van der Waals surface area contributed by atoms with Crippen molar-refractivity contribution in [2.45, 2.75) is 11.1 Å². The third-order valence-electron chi connectivity index (χ3n) is 2.63. The quantitative estimate of drug-likeness (QED) is 0.775. The monoisotopic (exact) mass is 327 g/mol. The zero-order chi connectivity index (χ0) is 15.6. The van der Waals surface area contributed by atoms with E-state index in [9.17, 15) is 18.0 Å². The molecule has 0 saturated heterocycles. The van der Waals surface area contributed by atoms with Crippen molar-refractivity contribution in [3.63, 3.8) is 0 Å². The van der Waals surface area contributed by atoms with E-state index in [0.29, 0.717) is 16.9 Å². The Labute approximate surface area is 125 Å². The van der Waals surface area contributed by atoms with Crippen LogP contribution in [0.3, 0.4) is 0 Å². The molecule has 1 amide bonds. The van der Waals surface area contributed by atoms with E-state index in [1.807, 2.05) is 0 Å². The first-order chi connectivity index (χ1) is 9.83. The van der Waals surface area contributed by atoms with Gasteiger partial charge in [-0.1, -0.05) is 17.4 Å². The number of aryl methyl sites for hydroxylation is 1. The Hall–Kier alpha value is -2.13. The number of thiazole rings is 1. The first-order valence-electron chi connectivity index (χ1n) is 5.88. The van der Waals surface area contributed by atoms with Gasteiger partial charge in [0, 0.05) is 24.0 Å². The van der Waals surface area contributed by atoms with E-state index >= 15 is 0 Å². The maximum Gasteiger partial charge on any atom is 0.306 e. The second kappa shape index (κ2) is 5.70. The highest BCUT2D eigenvalue weighted by Gasteiger charge is 2.21. The summed E-state index contributed by atoms with van der Waals surface area (Å²) in [7, 11) is -2.38. The highest BCUT2D eigenvalue weighted by molar-refractivity contribution is 7.94. The molecule has 0 saturated carbocycles. The number of aromatic amines is 1. The van der Waals surface area contributed by atoms with Crippen LogP contribution in [0.15, 0.2) is 33.3 Å². The van der Waals surface area contributed by atoms with Gasteiger partial charge in [-0.3, -0.25) is 14.3 Å². The highest BCUT2D eigenvalue weighted by Crippen LogP contribution is 2.21. The molecule has 0 bridgehead atoms. The van der Waals surface area contributed by atoms with E-state index in [-0.39, 0.29) is 21.5 Å². The van der Waals surface area contributed by atoms with Crippen molar-refractivity contribution in [2.24, 2.45) is 0 Å². The molecule has 9 heteroatoms. The van der Waals surface area contributed by atoms with Gasteiger partial charge >= 0.3 is 4.87 Å².